The lowest BCUT2D eigenvalue weighted by Crippen LogP contribution is -1.94. The number of benzene rings is 1. The summed E-state index contributed by atoms with van der Waals surface area (Å²) in [5.74, 6) is 3.57. The fourth-order valence-corrected chi connectivity index (χ4v) is 3.12. The van der Waals surface area contributed by atoms with Gasteiger partial charge in [0.15, 0.2) is 11.4 Å². The monoisotopic (exact) mass is 332 g/mol. The second-order valence-corrected chi connectivity index (χ2v) is 6.43. The van der Waals surface area contributed by atoms with Crippen LogP contribution < -0.4 is 5.43 Å². The number of furan rings is 2. The van der Waals surface area contributed by atoms with Gasteiger partial charge in [-0.05, 0) is 36.6 Å². The van der Waals surface area contributed by atoms with Crippen molar-refractivity contribution in [1.29, 1.82) is 0 Å². The highest BCUT2D eigenvalue weighted by molar-refractivity contribution is 6.05. The van der Waals surface area contributed by atoms with Crippen LogP contribution in [-0.4, -0.2) is 16.2 Å². The fourth-order valence-electron chi connectivity index (χ4n) is 3.12. The number of nitrogens with zero attached hydrogens (tertiary/aromatic N) is 3. The van der Waals surface area contributed by atoms with Crippen LogP contribution in [0.4, 0.5) is 5.82 Å². The Hall–Kier alpha value is -3.15. The molecule has 3 aromatic heterocycles. The maximum Gasteiger partial charge on any atom is 0.197 e. The number of aromatic nitrogens is 2. The first-order chi connectivity index (χ1) is 12.3. The number of hydrogen-bond donors (Lipinski definition) is 1. The van der Waals surface area contributed by atoms with Crippen LogP contribution in [-0.2, 0) is 0 Å². The highest BCUT2D eigenvalue weighted by atomic mass is 16.3. The molecule has 25 heavy (non-hydrogen) atoms. The molecule has 2 atom stereocenters. The van der Waals surface area contributed by atoms with E-state index in [9.17, 15) is 0 Å². The van der Waals surface area contributed by atoms with E-state index >= 15 is 0 Å². The Morgan fingerprint density at radius 3 is 2.92 bits per heavy atom. The predicted molar refractivity (Wildman–Crippen MR) is 95.8 cm³/mol. The lowest BCUT2D eigenvalue weighted by Gasteiger charge is -1.98. The highest BCUT2D eigenvalue weighted by Gasteiger charge is 2.36. The average molecular weight is 332 g/mol. The Balaban J connectivity index is 1.41. The number of nitrogens with one attached hydrogen (secondary N) is 1. The second-order valence-electron chi connectivity index (χ2n) is 6.43. The zero-order chi connectivity index (χ0) is 16.8. The van der Waals surface area contributed by atoms with Crippen molar-refractivity contribution >= 4 is 34.1 Å². The van der Waals surface area contributed by atoms with Crippen molar-refractivity contribution in [2.45, 2.75) is 19.3 Å². The summed E-state index contributed by atoms with van der Waals surface area (Å²) in [5, 5.41) is 5.18. The molecular weight excluding hydrogens is 316 g/mol. The molecule has 5 rings (SSSR count). The van der Waals surface area contributed by atoms with E-state index in [2.05, 4.69) is 27.4 Å². The summed E-state index contributed by atoms with van der Waals surface area (Å²) in [7, 11) is 0. The SMILES string of the molecule is C[C@H]1C[C@@H]1c1ccc(/C=N\Nc2ncnc3c2oc2ccccc23)o1. The highest BCUT2D eigenvalue weighted by Crippen LogP contribution is 2.47. The van der Waals surface area contributed by atoms with E-state index in [4.69, 9.17) is 8.83 Å². The van der Waals surface area contributed by atoms with Crippen molar-refractivity contribution < 1.29 is 8.83 Å². The summed E-state index contributed by atoms with van der Waals surface area (Å²) in [6.07, 6.45) is 4.35. The molecule has 1 saturated carbocycles. The largest absolute Gasteiger partial charge is 0.460 e. The molecule has 0 saturated heterocycles. The molecule has 124 valence electrons. The Labute approximate surface area is 143 Å². The van der Waals surface area contributed by atoms with Crippen molar-refractivity contribution in [3.05, 3.63) is 54.2 Å². The maximum absolute atomic E-state index is 5.86. The summed E-state index contributed by atoms with van der Waals surface area (Å²) in [5.41, 5.74) is 5.06. The molecule has 6 heteroatoms. The standard InChI is InChI=1S/C19H16N4O2/c1-11-8-14(11)16-7-6-12(24-16)9-22-23-19-18-17(20-10-21-19)13-4-2-3-5-15(13)25-18/h2-7,9-11,14H,8H2,1H3,(H,20,21,23)/b22-9-/t11-,14-/m0/s1. The number of rotatable bonds is 4. The van der Waals surface area contributed by atoms with Crippen LogP contribution in [0, 0.1) is 5.92 Å². The first kappa shape index (κ1) is 14.2. The summed E-state index contributed by atoms with van der Waals surface area (Å²) >= 11 is 0. The van der Waals surface area contributed by atoms with E-state index in [0.717, 1.165) is 33.9 Å². The molecule has 3 heterocycles. The fraction of sp³-hybridized carbons (Fsp3) is 0.211. The lowest BCUT2D eigenvalue weighted by molar-refractivity contribution is 0.500. The van der Waals surface area contributed by atoms with Gasteiger partial charge in [0, 0.05) is 11.3 Å². The molecule has 0 aliphatic heterocycles. The van der Waals surface area contributed by atoms with Gasteiger partial charge in [0.2, 0.25) is 0 Å². The Bertz CT molecular complexity index is 1100. The van der Waals surface area contributed by atoms with Gasteiger partial charge in [-0.1, -0.05) is 19.1 Å². The van der Waals surface area contributed by atoms with Crippen LogP contribution in [0.15, 0.2) is 56.7 Å². The summed E-state index contributed by atoms with van der Waals surface area (Å²) in [4.78, 5) is 8.54. The molecule has 4 aromatic rings. The molecule has 1 aliphatic carbocycles. The zero-order valence-corrected chi connectivity index (χ0v) is 13.6. The maximum atomic E-state index is 5.86. The summed E-state index contributed by atoms with van der Waals surface area (Å²) in [6.45, 7) is 2.23. The number of anilines is 1. The van der Waals surface area contributed by atoms with E-state index in [0.29, 0.717) is 17.3 Å². The van der Waals surface area contributed by atoms with Crippen LogP contribution in [0.5, 0.6) is 0 Å². The zero-order valence-electron chi connectivity index (χ0n) is 13.6. The molecule has 6 nitrogen and oxygen atoms in total. The number of hydrazone groups is 1. The van der Waals surface area contributed by atoms with E-state index in [1.54, 1.807) is 6.21 Å². The van der Waals surface area contributed by atoms with Crippen LogP contribution >= 0.6 is 0 Å². The van der Waals surface area contributed by atoms with Gasteiger partial charge in [-0.15, -0.1) is 0 Å². The van der Waals surface area contributed by atoms with Crippen LogP contribution in [0.25, 0.3) is 22.1 Å². The molecule has 1 fully saturated rings. The minimum absolute atomic E-state index is 0.528. The van der Waals surface area contributed by atoms with Crippen molar-refractivity contribution in [3.8, 4) is 0 Å². The average Bonchev–Trinajstić information content (AvgIpc) is 3.05. The van der Waals surface area contributed by atoms with Gasteiger partial charge in [-0.25, -0.2) is 9.97 Å². The third kappa shape index (κ3) is 2.46. The van der Waals surface area contributed by atoms with E-state index in [-0.39, 0.29) is 0 Å². The van der Waals surface area contributed by atoms with Gasteiger partial charge in [0.05, 0.1) is 6.21 Å². The molecular formula is C19H16N4O2. The molecule has 0 spiro atoms. The molecule has 1 N–H and O–H groups in total. The molecule has 1 aromatic carbocycles. The quantitative estimate of drug-likeness (QED) is 0.438. The Morgan fingerprint density at radius 1 is 1.16 bits per heavy atom. The van der Waals surface area contributed by atoms with Crippen molar-refractivity contribution in [1.82, 2.24) is 9.97 Å². The molecule has 0 amide bonds. The van der Waals surface area contributed by atoms with E-state index in [1.807, 2.05) is 36.4 Å². The normalized spacial score (nSPS) is 19.9. The summed E-state index contributed by atoms with van der Waals surface area (Å²) < 4.78 is 11.7. The number of para-hydroxylation sites is 1. The molecule has 0 unspecified atom stereocenters. The van der Waals surface area contributed by atoms with Gasteiger partial charge in [-0.3, -0.25) is 5.43 Å². The van der Waals surface area contributed by atoms with Gasteiger partial charge < -0.3 is 8.83 Å². The minimum Gasteiger partial charge on any atom is -0.460 e. The van der Waals surface area contributed by atoms with Crippen LogP contribution in [0.1, 0.15) is 30.8 Å². The smallest absolute Gasteiger partial charge is 0.197 e. The first-order valence-corrected chi connectivity index (χ1v) is 8.30. The second kappa shape index (κ2) is 5.44. The van der Waals surface area contributed by atoms with Gasteiger partial charge in [-0.2, -0.15) is 5.10 Å². The topological polar surface area (TPSA) is 76.5 Å². The van der Waals surface area contributed by atoms with Crippen LogP contribution in [0.3, 0.4) is 0 Å². The van der Waals surface area contributed by atoms with Crippen molar-refractivity contribution in [2.75, 3.05) is 5.43 Å². The van der Waals surface area contributed by atoms with E-state index < -0.39 is 0 Å². The number of fused-ring (bicyclic) bond motifs is 3. The first-order valence-electron chi connectivity index (χ1n) is 8.30. The summed E-state index contributed by atoms with van der Waals surface area (Å²) in [6, 6.07) is 11.7. The molecule has 1 aliphatic rings. The van der Waals surface area contributed by atoms with Gasteiger partial charge in [0.1, 0.15) is 28.9 Å². The molecule has 0 bridgehead atoms. The third-order valence-electron chi connectivity index (χ3n) is 4.64. The molecule has 0 radical (unpaired) electrons. The van der Waals surface area contributed by atoms with Crippen molar-refractivity contribution in [3.63, 3.8) is 0 Å². The predicted octanol–water partition coefficient (Wildman–Crippen LogP) is 4.54. The third-order valence-corrected chi connectivity index (χ3v) is 4.64. The van der Waals surface area contributed by atoms with Gasteiger partial charge >= 0.3 is 0 Å². The Morgan fingerprint density at radius 2 is 2.04 bits per heavy atom. The lowest BCUT2D eigenvalue weighted by atomic mass is 10.2. The van der Waals surface area contributed by atoms with Crippen LogP contribution in [0.2, 0.25) is 0 Å². The van der Waals surface area contributed by atoms with Crippen molar-refractivity contribution in [2.24, 2.45) is 11.0 Å². The number of hydrogen-bond acceptors (Lipinski definition) is 6. The Kier molecular flexibility index (Phi) is 3.09. The minimum atomic E-state index is 0.528. The van der Waals surface area contributed by atoms with Gasteiger partial charge in [0.25, 0.3) is 0 Å². The van der Waals surface area contributed by atoms with E-state index in [1.165, 1.54) is 12.7 Å².